The summed E-state index contributed by atoms with van der Waals surface area (Å²) in [6.07, 6.45) is 1.30. The van der Waals surface area contributed by atoms with Gasteiger partial charge in [-0.3, -0.25) is 4.98 Å². The molecule has 0 spiro atoms. The fraction of sp³-hybridized carbons (Fsp3) is 0.118. The third-order valence-corrected chi connectivity index (χ3v) is 4.22. The molecular formula is C17H13BrFNO. The molecule has 1 heterocycles. The highest BCUT2D eigenvalue weighted by Gasteiger charge is 2.14. The van der Waals surface area contributed by atoms with Crippen molar-refractivity contribution in [1.82, 2.24) is 4.98 Å². The van der Waals surface area contributed by atoms with Crippen LogP contribution in [-0.2, 0) is 6.42 Å². The second-order valence-electron chi connectivity index (χ2n) is 4.88. The summed E-state index contributed by atoms with van der Waals surface area (Å²) < 4.78 is 14.1. The number of halogens is 2. The number of para-hydroxylation sites is 1. The number of hydrogen-bond acceptors (Lipinski definition) is 2. The molecule has 0 amide bonds. The van der Waals surface area contributed by atoms with Crippen LogP contribution < -0.4 is 0 Å². The maximum Gasteiger partial charge on any atom is 0.123 e. The Balaban J connectivity index is 1.97. The number of benzene rings is 2. The van der Waals surface area contributed by atoms with Gasteiger partial charge >= 0.3 is 0 Å². The third-order valence-electron chi connectivity index (χ3n) is 3.44. The Labute approximate surface area is 130 Å². The van der Waals surface area contributed by atoms with Gasteiger partial charge in [0.15, 0.2) is 0 Å². The van der Waals surface area contributed by atoms with E-state index in [1.54, 1.807) is 12.3 Å². The first-order valence-corrected chi connectivity index (χ1v) is 7.40. The summed E-state index contributed by atoms with van der Waals surface area (Å²) in [6.45, 7) is 0. The normalized spacial score (nSPS) is 12.5. The van der Waals surface area contributed by atoms with Crippen molar-refractivity contribution in [3.8, 4) is 0 Å². The lowest BCUT2D eigenvalue weighted by molar-refractivity contribution is 0.179. The fourth-order valence-corrected chi connectivity index (χ4v) is 2.82. The number of hydrogen-bond donors (Lipinski definition) is 1. The minimum Gasteiger partial charge on any atom is -0.388 e. The zero-order valence-corrected chi connectivity index (χ0v) is 12.7. The Morgan fingerprint density at radius 2 is 1.95 bits per heavy atom. The quantitative estimate of drug-likeness (QED) is 0.762. The van der Waals surface area contributed by atoms with E-state index in [1.807, 2.05) is 30.3 Å². The molecule has 1 unspecified atom stereocenters. The van der Waals surface area contributed by atoms with Gasteiger partial charge in [0.2, 0.25) is 0 Å². The average Bonchev–Trinajstić information content (AvgIpc) is 2.50. The number of rotatable bonds is 3. The van der Waals surface area contributed by atoms with E-state index in [-0.39, 0.29) is 5.82 Å². The zero-order valence-electron chi connectivity index (χ0n) is 11.1. The van der Waals surface area contributed by atoms with Crippen molar-refractivity contribution >= 4 is 26.8 Å². The van der Waals surface area contributed by atoms with Gasteiger partial charge in [-0.15, -0.1) is 0 Å². The number of aliphatic hydroxyl groups excluding tert-OH is 1. The Kier molecular flexibility index (Phi) is 3.99. The van der Waals surface area contributed by atoms with E-state index in [9.17, 15) is 9.50 Å². The molecule has 0 aliphatic carbocycles. The molecular weight excluding hydrogens is 333 g/mol. The molecule has 1 atom stereocenters. The summed E-state index contributed by atoms with van der Waals surface area (Å²) in [7, 11) is 0. The molecule has 0 saturated carbocycles. The van der Waals surface area contributed by atoms with E-state index in [0.29, 0.717) is 6.42 Å². The smallest absolute Gasteiger partial charge is 0.123 e. The van der Waals surface area contributed by atoms with Gasteiger partial charge in [0, 0.05) is 28.0 Å². The minimum atomic E-state index is -0.735. The SMILES string of the molecule is OC(Cc1cc(F)ccc1Br)c1cccc2cccnc12. The molecule has 0 fully saturated rings. The second kappa shape index (κ2) is 5.92. The number of fused-ring (bicyclic) bond motifs is 1. The molecule has 21 heavy (non-hydrogen) atoms. The molecule has 1 N–H and O–H groups in total. The van der Waals surface area contributed by atoms with Gasteiger partial charge in [0.1, 0.15) is 5.82 Å². The molecule has 3 rings (SSSR count). The number of pyridine rings is 1. The Bertz CT molecular complexity index is 785. The first kappa shape index (κ1) is 14.2. The minimum absolute atomic E-state index is 0.309. The van der Waals surface area contributed by atoms with E-state index >= 15 is 0 Å². The third kappa shape index (κ3) is 2.96. The van der Waals surface area contributed by atoms with Crippen LogP contribution in [0.5, 0.6) is 0 Å². The van der Waals surface area contributed by atoms with Crippen molar-refractivity contribution in [2.45, 2.75) is 12.5 Å². The predicted molar refractivity (Wildman–Crippen MR) is 84.5 cm³/mol. The number of aromatic nitrogens is 1. The molecule has 0 radical (unpaired) electrons. The Hall–Kier alpha value is -1.78. The summed E-state index contributed by atoms with van der Waals surface area (Å²) >= 11 is 3.39. The van der Waals surface area contributed by atoms with Crippen molar-refractivity contribution in [2.24, 2.45) is 0 Å². The maximum atomic E-state index is 13.3. The summed E-state index contributed by atoms with van der Waals surface area (Å²) in [5, 5.41) is 11.5. The molecule has 3 aromatic rings. The average molecular weight is 346 g/mol. The van der Waals surface area contributed by atoms with Crippen molar-refractivity contribution in [3.63, 3.8) is 0 Å². The van der Waals surface area contributed by atoms with Crippen LogP contribution in [0.4, 0.5) is 4.39 Å². The van der Waals surface area contributed by atoms with Crippen molar-refractivity contribution in [2.75, 3.05) is 0 Å². The van der Waals surface area contributed by atoms with E-state index in [1.165, 1.54) is 12.1 Å². The lowest BCUT2D eigenvalue weighted by Crippen LogP contribution is -2.04. The maximum absolute atomic E-state index is 13.3. The summed E-state index contributed by atoms with van der Waals surface area (Å²) in [5.74, 6) is -0.309. The van der Waals surface area contributed by atoms with Crippen LogP contribution >= 0.6 is 15.9 Å². The summed E-state index contributed by atoms with van der Waals surface area (Å²) in [6, 6.07) is 14.0. The van der Waals surface area contributed by atoms with E-state index in [4.69, 9.17) is 0 Å². The lowest BCUT2D eigenvalue weighted by atomic mass is 9.99. The first-order valence-electron chi connectivity index (χ1n) is 6.61. The highest BCUT2D eigenvalue weighted by Crippen LogP contribution is 2.28. The van der Waals surface area contributed by atoms with Crippen molar-refractivity contribution in [3.05, 3.63) is 76.1 Å². The highest BCUT2D eigenvalue weighted by molar-refractivity contribution is 9.10. The fourth-order valence-electron chi connectivity index (χ4n) is 2.41. The molecule has 106 valence electrons. The monoisotopic (exact) mass is 345 g/mol. The highest BCUT2D eigenvalue weighted by atomic mass is 79.9. The van der Waals surface area contributed by atoms with Crippen LogP contribution in [0, 0.1) is 5.82 Å². The molecule has 2 aromatic carbocycles. The lowest BCUT2D eigenvalue weighted by Gasteiger charge is -2.14. The molecule has 2 nitrogen and oxygen atoms in total. The van der Waals surface area contributed by atoms with Gasteiger partial charge < -0.3 is 5.11 Å². The van der Waals surface area contributed by atoms with Crippen LogP contribution in [0.3, 0.4) is 0 Å². The summed E-state index contributed by atoms with van der Waals surface area (Å²) in [4.78, 5) is 4.34. The predicted octanol–water partition coefficient (Wildman–Crippen LogP) is 4.41. The Morgan fingerprint density at radius 1 is 1.14 bits per heavy atom. The molecule has 1 aromatic heterocycles. The second-order valence-corrected chi connectivity index (χ2v) is 5.73. The van der Waals surface area contributed by atoms with E-state index < -0.39 is 6.10 Å². The van der Waals surface area contributed by atoms with Gasteiger partial charge in [0.25, 0.3) is 0 Å². The van der Waals surface area contributed by atoms with E-state index in [0.717, 1.165) is 26.5 Å². The standard InChI is InChI=1S/C17H13BrFNO/c18-15-7-6-13(19)9-12(15)10-16(21)14-5-1-3-11-4-2-8-20-17(11)14/h1-9,16,21H,10H2. The topological polar surface area (TPSA) is 33.1 Å². The van der Waals surface area contributed by atoms with E-state index in [2.05, 4.69) is 20.9 Å². The van der Waals surface area contributed by atoms with Gasteiger partial charge in [0.05, 0.1) is 11.6 Å². The molecule has 0 aliphatic rings. The van der Waals surface area contributed by atoms with Gasteiger partial charge in [-0.25, -0.2) is 4.39 Å². The van der Waals surface area contributed by atoms with Crippen molar-refractivity contribution in [1.29, 1.82) is 0 Å². The number of nitrogens with zero attached hydrogens (tertiary/aromatic N) is 1. The van der Waals surface area contributed by atoms with Crippen LogP contribution in [0.2, 0.25) is 0 Å². The molecule has 0 bridgehead atoms. The zero-order chi connectivity index (χ0) is 14.8. The largest absolute Gasteiger partial charge is 0.388 e. The van der Waals surface area contributed by atoms with Crippen LogP contribution in [-0.4, -0.2) is 10.1 Å². The van der Waals surface area contributed by atoms with Crippen LogP contribution in [0.25, 0.3) is 10.9 Å². The molecule has 0 saturated heterocycles. The van der Waals surface area contributed by atoms with Gasteiger partial charge in [-0.2, -0.15) is 0 Å². The van der Waals surface area contributed by atoms with Crippen LogP contribution in [0.15, 0.2) is 59.2 Å². The summed E-state index contributed by atoms with van der Waals surface area (Å²) in [5.41, 5.74) is 2.26. The molecule has 0 aliphatic heterocycles. The number of aliphatic hydroxyl groups is 1. The Morgan fingerprint density at radius 3 is 2.81 bits per heavy atom. The van der Waals surface area contributed by atoms with Crippen molar-refractivity contribution < 1.29 is 9.50 Å². The first-order chi connectivity index (χ1) is 10.1. The molecule has 4 heteroatoms. The van der Waals surface area contributed by atoms with Gasteiger partial charge in [-0.1, -0.05) is 40.2 Å². The van der Waals surface area contributed by atoms with Crippen LogP contribution in [0.1, 0.15) is 17.2 Å². The van der Waals surface area contributed by atoms with Gasteiger partial charge in [-0.05, 0) is 29.8 Å².